The molecule has 1 saturated heterocycles. The normalized spacial score (nSPS) is 23.0. The number of carboxylic acid groups (broad SMARTS) is 1. The minimum Gasteiger partial charge on any atom is -0.481 e. The summed E-state index contributed by atoms with van der Waals surface area (Å²) in [6.07, 6.45) is 0.727. The zero-order valence-corrected chi connectivity index (χ0v) is 11.9. The highest BCUT2D eigenvalue weighted by atomic mass is 32.1. The lowest BCUT2D eigenvalue weighted by molar-refractivity contribution is -0.142. The summed E-state index contributed by atoms with van der Waals surface area (Å²) in [6, 6.07) is 14.3. The van der Waals surface area contributed by atoms with Gasteiger partial charge in [-0.25, -0.2) is 0 Å². The van der Waals surface area contributed by atoms with Crippen LogP contribution in [0.25, 0.3) is 0 Å². The molecule has 2 aromatic rings. The van der Waals surface area contributed by atoms with Gasteiger partial charge < -0.3 is 5.11 Å². The van der Waals surface area contributed by atoms with Gasteiger partial charge in [0, 0.05) is 18.0 Å². The van der Waals surface area contributed by atoms with Crippen LogP contribution >= 0.6 is 11.3 Å². The molecule has 3 nitrogen and oxygen atoms in total. The summed E-state index contributed by atoms with van der Waals surface area (Å²) in [5, 5.41) is 11.5. The molecular formula is C16H17NO2S. The number of hydrogen-bond donors (Lipinski definition) is 1. The average Bonchev–Trinajstić information content (AvgIpc) is 3.08. The molecule has 0 amide bonds. The molecule has 0 saturated carbocycles. The average molecular weight is 287 g/mol. The standard InChI is InChI=1S/C16H17NO2S/c18-16(19)13-8-9-17(11-12-5-2-1-3-6-12)15(13)14-7-4-10-20-14/h1-7,10,13,15H,8-9,11H2,(H,18,19). The van der Waals surface area contributed by atoms with E-state index in [1.807, 2.05) is 29.6 Å². The Morgan fingerprint density at radius 3 is 2.70 bits per heavy atom. The van der Waals surface area contributed by atoms with Crippen molar-refractivity contribution >= 4 is 17.3 Å². The Balaban J connectivity index is 1.84. The van der Waals surface area contributed by atoms with E-state index in [9.17, 15) is 9.90 Å². The van der Waals surface area contributed by atoms with Crippen molar-refractivity contribution in [3.63, 3.8) is 0 Å². The Kier molecular flexibility index (Phi) is 3.85. The smallest absolute Gasteiger partial charge is 0.308 e. The van der Waals surface area contributed by atoms with Gasteiger partial charge in [0.05, 0.1) is 12.0 Å². The molecule has 2 atom stereocenters. The molecule has 1 aromatic heterocycles. The Hall–Kier alpha value is -1.65. The van der Waals surface area contributed by atoms with Gasteiger partial charge in [0.2, 0.25) is 0 Å². The molecule has 2 heterocycles. The van der Waals surface area contributed by atoms with E-state index in [4.69, 9.17) is 0 Å². The van der Waals surface area contributed by atoms with Crippen molar-refractivity contribution in [3.05, 3.63) is 58.3 Å². The molecule has 1 aliphatic heterocycles. The third kappa shape index (κ3) is 2.62. The van der Waals surface area contributed by atoms with Crippen LogP contribution in [0.4, 0.5) is 0 Å². The summed E-state index contributed by atoms with van der Waals surface area (Å²) in [5.41, 5.74) is 1.24. The second-order valence-electron chi connectivity index (χ2n) is 5.15. The fourth-order valence-corrected chi connectivity index (χ4v) is 3.87. The maximum absolute atomic E-state index is 11.5. The fraction of sp³-hybridized carbons (Fsp3) is 0.312. The van der Waals surface area contributed by atoms with E-state index < -0.39 is 5.97 Å². The zero-order chi connectivity index (χ0) is 13.9. The molecule has 1 N–H and O–H groups in total. The number of benzene rings is 1. The first-order chi connectivity index (χ1) is 9.75. The molecule has 1 fully saturated rings. The highest BCUT2D eigenvalue weighted by molar-refractivity contribution is 7.10. The van der Waals surface area contributed by atoms with E-state index in [0.29, 0.717) is 0 Å². The molecule has 0 bridgehead atoms. The van der Waals surface area contributed by atoms with E-state index in [0.717, 1.165) is 24.4 Å². The van der Waals surface area contributed by atoms with Crippen molar-refractivity contribution in [2.75, 3.05) is 6.54 Å². The Morgan fingerprint density at radius 1 is 1.25 bits per heavy atom. The second kappa shape index (κ2) is 5.77. The van der Waals surface area contributed by atoms with Crippen molar-refractivity contribution in [2.24, 2.45) is 5.92 Å². The third-order valence-electron chi connectivity index (χ3n) is 3.88. The van der Waals surface area contributed by atoms with Crippen molar-refractivity contribution in [3.8, 4) is 0 Å². The predicted molar refractivity (Wildman–Crippen MR) is 79.7 cm³/mol. The molecular weight excluding hydrogens is 270 g/mol. The van der Waals surface area contributed by atoms with Gasteiger partial charge in [-0.05, 0) is 23.4 Å². The van der Waals surface area contributed by atoms with Crippen LogP contribution in [0.1, 0.15) is 22.9 Å². The van der Waals surface area contributed by atoms with E-state index in [-0.39, 0.29) is 12.0 Å². The van der Waals surface area contributed by atoms with Crippen molar-refractivity contribution in [2.45, 2.75) is 19.0 Å². The summed E-state index contributed by atoms with van der Waals surface area (Å²) >= 11 is 1.65. The van der Waals surface area contributed by atoms with Gasteiger partial charge in [-0.1, -0.05) is 36.4 Å². The monoisotopic (exact) mass is 287 g/mol. The quantitative estimate of drug-likeness (QED) is 0.937. The first-order valence-electron chi connectivity index (χ1n) is 6.80. The lowest BCUT2D eigenvalue weighted by atomic mass is 9.99. The summed E-state index contributed by atoms with van der Waals surface area (Å²) in [4.78, 5) is 14.9. The highest BCUT2D eigenvalue weighted by Gasteiger charge is 2.40. The lowest BCUT2D eigenvalue weighted by Crippen LogP contribution is -2.27. The number of thiophene rings is 1. The van der Waals surface area contributed by atoms with Gasteiger partial charge in [0.1, 0.15) is 0 Å². The highest BCUT2D eigenvalue weighted by Crippen LogP contribution is 2.40. The van der Waals surface area contributed by atoms with Crippen molar-refractivity contribution in [1.82, 2.24) is 4.90 Å². The third-order valence-corrected chi connectivity index (χ3v) is 4.83. The van der Waals surface area contributed by atoms with Crippen LogP contribution in [0, 0.1) is 5.92 Å². The summed E-state index contributed by atoms with van der Waals surface area (Å²) < 4.78 is 0. The largest absolute Gasteiger partial charge is 0.481 e. The topological polar surface area (TPSA) is 40.5 Å². The number of rotatable bonds is 4. The fourth-order valence-electron chi connectivity index (χ4n) is 2.95. The number of carbonyl (C=O) groups is 1. The summed E-state index contributed by atoms with van der Waals surface area (Å²) in [6.45, 7) is 1.65. The molecule has 20 heavy (non-hydrogen) atoms. The zero-order valence-electron chi connectivity index (χ0n) is 11.1. The van der Waals surface area contributed by atoms with E-state index in [2.05, 4.69) is 23.1 Å². The minimum atomic E-state index is -0.682. The van der Waals surface area contributed by atoms with Crippen molar-refractivity contribution < 1.29 is 9.90 Å². The van der Waals surface area contributed by atoms with Crippen LogP contribution in [0.5, 0.6) is 0 Å². The minimum absolute atomic E-state index is 0.00714. The van der Waals surface area contributed by atoms with Gasteiger partial charge in [-0.2, -0.15) is 0 Å². The molecule has 4 heteroatoms. The summed E-state index contributed by atoms with van der Waals surface area (Å²) in [7, 11) is 0. The van der Waals surface area contributed by atoms with Crippen LogP contribution in [0.2, 0.25) is 0 Å². The van der Waals surface area contributed by atoms with Crippen LogP contribution in [0.15, 0.2) is 47.8 Å². The number of likely N-dealkylation sites (tertiary alicyclic amines) is 1. The number of nitrogens with zero attached hydrogens (tertiary/aromatic N) is 1. The number of hydrogen-bond acceptors (Lipinski definition) is 3. The van der Waals surface area contributed by atoms with Gasteiger partial charge in [0.15, 0.2) is 0 Å². The Morgan fingerprint density at radius 2 is 2.05 bits per heavy atom. The number of aliphatic carboxylic acids is 1. The summed E-state index contributed by atoms with van der Waals surface area (Å²) in [5.74, 6) is -0.976. The Bertz CT molecular complexity index is 567. The van der Waals surface area contributed by atoms with E-state index in [1.54, 1.807) is 11.3 Å². The first kappa shape index (κ1) is 13.3. The lowest BCUT2D eigenvalue weighted by Gasteiger charge is -2.26. The van der Waals surface area contributed by atoms with Gasteiger partial charge in [0.25, 0.3) is 0 Å². The van der Waals surface area contributed by atoms with Gasteiger partial charge in [-0.3, -0.25) is 9.69 Å². The SMILES string of the molecule is O=C(O)C1CCN(Cc2ccccc2)C1c1cccs1. The van der Waals surface area contributed by atoms with Crippen LogP contribution in [-0.2, 0) is 11.3 Å². The molecule has 1 aromatic carbocycles. The molecule has 2 unspecified atom stereocenters. The second-order valence-corrected chi connectivity index (χ2v) is 6.13. The van der Waals surface area contributed by atoms with Crippen LogP contribution < -0.4 is 0 Å². The van der Waals surface area contributed by atoms with Crippen molar-refractivity contribution in [1.29, 1.82) is 0 Å². The predicted octanol–water partition coefficient (Wildman–Crippen LogP) is 3.40. The maximum atomic E-state index is 11.5. The van der Waals surface area contributed by atoms with Gasteiger partial charge in [-0.15, -0.1) is 11.3 Å². The Labute approximate surface area is 122 Å². The van der Waals surface area contributed by atoms with E-state index >= 15 is 0 Å². The maximum Gasteiger partial charge on any atom is 0.308 e. The number of carboxylic acids is 1. The molecule has 104 valence electrons. The molecule has 0 aliphatic carbocycles. The first-order valence-corrected chi connectivity index (χ1v) is 7.68. The van der Waals surface area contributed by atoms with Crippen LogP contribution in [-0.4, -0.2) is 22.5 Å². The molecule has 1 aliphatic rings. The van der Waals surface area contributed by atoms with Crippen LogP contribution in [0.3, 0.4) is 0 Å². The molecule has 0 spiro atoms. The van der Waals surface area contributed by atoms with E-state index in [1.165, 1.54) is 5.56 Å². The molecule has 0 radical (unpaired) electrons. The van der Waals surface area contributed by atoms with Gasteiger partial charge >= 0.3 is 5.97 Å². The molecule has 3 rings (SSSR count).